The molecule has 0 aliphatic heterocycles. The average molecular weight is 268 g/mol. The fourth-order valence-corrected chi connectivity index (χ4v) is 1.53. The van der Waals surface area contributed by atoms with Crippen LogP contribution >= 0.6 is 15.9 Å². The second-order valence-corrected chi connectivity index (χ2v) is 3.65. The predicted molar refractivity (Wildman–Crippen MR) is 59.4 cm³/mol. The van der Waals surface area contributed by atoms with Crippen molar-refractivity contribution in [2.24, 2.45) is 0 Å². The topological polar surface area (TPSA) is 37.8 Å². The van der Waals surface area contributed by atoms with Gasteiger partial charge in [-0.15, -0.1) is 0 Å². The van der Waals surface area contributed by atoms with Gasteiger partial charge in [0.15, 0.2) is 0 Å². The van der Waals surface area contributed by atoms with E-state index in [0.717, 1.165) is 0 Å². The van der Waals surface area contributed by atoms with E-state index in [2.05, 4.69) is 31.2 Å². The molecule has 15 heavy (non-hydrogen) atoms. The zero-order valence-corrected chi connectivity index (χ0v) is 9.20. The molecule has 0 bridgehead atoms. The minimum atomic E-state index is -0.350. The monoisotopic (exact) mass is 267 g/mol. The van der Waals surface area contributed by atoms with Gasteiger partial charge in [-0.05, 0) is 34.1 Å². The lowest BCUT2D eigenvalue weighted by atomic mass is 10.3. The third-order valence-electron chi connectivity index (χ3n) is 1.77. The van der Waals surface area contributed by atoms with Crippen molar-refractivity contribution in [1.29, 1.82) is 0 Å². The molecular weight excluding hydrogens is 261 g/mol. The molecular formula is C10H7BrFN3. The fourth-order valence-electron chi connectivity index (χ4n) is 1.09. The molecule has 1 N–H and O–H groups in total. The number of nitrogens with one attached hydrogen (secondary N) is 1. The second kappa shape index (κ2) is 4.35. The average Bonchev–Trinajstić information content (AvgIpc) is 2.25. The molecule has 1 aromatic heterocycles. The molecule has 1 aromatic carbocycles. The lowest BCUT2D eigenvalue weighted by molar-refractivity contribution is 0.631. The highest BCUT2D eigenvalue weighted by molar-refractivity contribution is 9.10. The molecule has 0 spiro atoms. The quantitative estimate of drug-likeness (QED) is 0.909. The minimum absolute atomic E-state index is 0.337. The third kappa shape index (κ3) is 2.30. The second-order valence-electron chi connectivity index (χ2n) is 2.79. The summed E-state index contributed by atoms with van der Waals surface area (Å²) in [6.45, 7) is 0. The molecule has 5 heteroatoms. The summed E-state index contributed by atoms with van der Waals surface area (Å²) in [7, 11) is 0. The van der Waals surface area contributed by atoms with Crippen LogP contribution in [0, 0.1) is 5.82 Å². The molecule has 76 valence electrons. The fraction of sp³-hybridized carbons (Fsp3) is 0. The maximum absolute atomic E-state index is 13.4. The first kappa shape index (κ1) is 10.0. The smallest absolute Gasteiger partial charge is 0.227 e. The SMILES string of the molecule is Fc1cccc(Br)c1Nc1ncccn1. The number of rotatable bonds is 2. The van der Waals surface area contributed by atoms with Crippen LogP contribution in [0.1, 0.15) is 0 Å². The van der Waals surface area contributed by atoms with Crippen molar-refractivity contribution in [2.75, 3.05) is 5.32 Å². The summed E-state index contributed by atoms with van der Waals surface area (Å²) in [6.07, 6.45) is 3.17. The standard InChI is InChI=1S/C10H7BrFN3/c11-7-3-1-4-8(12)9(7)15-10-13-5-2-6-14-10/h1-6H,(H,13,14,15). The van der Waals surface area contributed by atoms with E-state index >= 15 is 0 Å². The molecule has 0 saturated carbocycles. The van der Waals surface area contributed by atoms with E-state index in [0.29, 0.717) is 16.1 Å². The summed E-state index contributed by atoms with van der Waals surface area (Å²) in [5.74, 6) is 0.0140. The van der Waals surface area contributed by atoms with E-state index in [9.17, 15) is 4.39 Å². The number of benzene rings is 1. The van der Waals surface area contributed by atoms with Gasteiger partial charge in [-0.1, -0.05) is 6.07 Å². The summed E-state index contributed by atoms with van der Waals surface area (Å²) >= 11 is 3.25. The normalized spacial score (nSPS) is 10.0. The predicted octanol–water partition coefficient (Wildman–Crippen LogP) is 3.12. The van der Waals surface area contributed by atoms with Crippen molar-refractivity contribution in [3.63, 3.8) is 0 Å². The molecule has 1 heterocycles. The first-order valence-corrected chi connectivity index (χ1v) is 5.05. The highest BCUT2D eigenvalue weighted by atomic mass is 79.9. The summed E-state index contributed by atoms with van der Waals surface area (Å²) in [5, 5.41) is 2.80. The Labute approximate surface area is 94.5 Å². The van der Waals surface area contributed by atoms with E-state index in [-0.39, 0.29) is 5.82 Å². The molecule has 0 aliphatic rings. The Hall–Kier alpha value is -1.49. The van der Waals surface area contributed by atoms with Crippen molar-refractivity contribution in [3.05, 3.63) is 46.9 Å². The van der Waals surface area contributed by atoms with Crippen molar-refractivity contribution < 1.29 is 4.39 Å². The van der Waals surface area contributed by atoms with Crippen molar-refractivity contribution in [1.82, 2.24) is 9.97 Å². The Morgan fingerprint density at radius 3 is 2.53 bits per heavy atom. The van der Waals surface area contributed by atoms with Gasteiger partial charge in [0.1, 0.15) is 5.82 Å². The van der Waals surface area contributed by atoms with E-state index < -0.39 is 0 Å². The van der Waals surface area contributed by atoms with Gasteiger partial charge in [0, 0.05) is 16.9 Å². The zero-order valence-electron chi connectivity index (χ0n) is 7.61. The molecule has 2 aromatic rings. The van der Waals surface area contributed by atoms with Crippen LogP contribution in [0.25, 0.3) is 0 Å². The number of nitrogens with zero attached hydrogens (tertiary/aromatic N) is 2. The molecule has 0 atom stereocenters. The first-order valence-electron chi connectivity index (χ1n) is 4.25. The van der Waals surface area contributed by atoms with Crippen LogP contribution in [-0.4, -0.2) is 9.97 Å². The summed E-state index contributed by atoms with van der Waals surface area (Å²) in [4.78, 5) is 7.89. The van der Waals surface area contributed by atoms with Gasteiger partial charge in [0.25, 0.3) is 0 Å². The van der Waals surface area contributed by atoms with Gasteiger partial charge in [0.2, 0.25) is 5.95 Å². The largest absolute Gasteiger partial charge is 0.321 e. The Morgan fingerprint density at radius 1 is 1.13 bits per heavy atom. The van der Waals surface area contributed by atoms with Crippen molar-refractivity contribution in [2.45, 2.75) is 0 Å². The van der Waals surface area contributed by atoms with Gasteiger partial charge < -0.3 is 5.32 Å². The van der Waals surface area contributed by atoms with Gasteiger partial charge in [-0.25, -0.2) is 14.4 Å². The Bertz CT molecular complexity index is 441. The van der Waals surface area contributed by atoms with Gasteiger partial charge in [-0.3, -0.25) is 0 Å². The van der Waals surface area contributed by atoms with Crippen molar-refractivity contribution in [3.8, 4) is 0 Å². The van der Waals surface area contributed by atoms with E-state index in [4.69, 9.17) is 0 Å². The van der Waals surface area contributed by atoms with Gasteiger partial charge in [-0.2, -0.15) is 0 Å². The number of para-hydroxylation sites is 1. The highest BCUT2D eigenvalue weighted by Crippen LogP contribution is 2.26. The molecule has 0 aliphatic carbocycles. The summed E-state index contributed by atoms with van der Waals surface area (Å²) in [5.41, 5.74) is 0.337. The van der Waals surface area contributed by atoms with Gasteiger partial charge >= 0.3 is 0 Å². The van der Waals surface area contributed by atoms with E-state index in [1.807, 2.05) is 0 Å². The highest BCUT2D eigenvalue weighted by Gasteiger charge is 2.06. The van der Waals surface area contributed by atoms with Crippen molar-refractivity contribution >= 4 is 27.6 Å². The number of aromatic nitrogens is 2. The molecule has 0 unspecified atom stereocenters. The molecule has 3 nitrogen and oxygen atoms in total. The lowest BCUT2D eigenvalue weighted by Gasteiger charge is -2.07. The maximum Gasteiger partial charge on any atom is 0.227 e. The Kier molecular flexibility index (Phi) is 2.91. The van der Waals surface area contributed by atoms with Crippen LogP contribution in [0.5, 0.6) is 0 Å². The Morgan fingerprint density at radius 2 is 1.87 bits per heavy atom. The molecule has 0 saturated heterocycles. The summed E-state index contributed by atoms with van der Waals surface area (Å²) in [6, 6.07) is 6.43. The molecule has 0 radical (unpaired) electrons. The first-order chi connectivity index (χ1) is 7.27. The number of hydrogen-bond acceptors (Lipinski definition) is 3. The lowest BCUT2D eigenvalue weighted by Crippen LogP contribution is -1.98. The van der Waals surface area contributed by atoms with Crippen LogP contribution < -0.4 is 5.32 Å². The van der Waals surface area contributed by atoms with E-state index in [1.165, 1.54) is 6.07 Å². The molecule has 0 fully saturated rings. The molecule has 2 rings (SSSR count). The zero-order chi connectivity index (χ0) is 10.7. The Balaban J connectivity index is 2.32. The van der Waals surface area contributed by atoms with Gasteiger partial charge in [0.05, 0.1) is 5.69 Å². The van der Waals surface area contributed by atoms with Crippen LogP contribution in [-0.2, 0) is 0 Å². The number of anilines is 2. The van der Waals surface area contributed by atoms with Crippen LogP contribution in [0.2, 0.25) is 0 Å². The van der Waals surface area contributed by atoms with Crippen LogP contribution in [0.3, 0.4) is 0 Å². The third-order valence-corrected chi connectivity index (χ3v) is 2.43. The number of hydrogen-bond donors (Lipinski definition) is 1. The van der Waals surface area contributed by atoms with E-state index in [1.54, 1.807) is 30.6 Å². The molecule has 0 amide bonds. The van der Waals surface area contributed by atoms with Crippen LogP contribution in [0.15, 0.2) is 41.1 Å². The number of halogens is 2. The summed E-state index contributed by atoms with van der Waals surface area (Å²) < 4.78 is 14.0. The van der Waals surface area contributed by atoms with Crippen LogP contribution in [0.4, 0.5) is 16.0 Å². The minimum Gasteiger partial charge on any atom is -0.321 e. The maximum atomic E-state index is 13.4.